The van der Waals surface area contributed by atoms with Gasteiger partial charge in [0, 0.05) is 11.1 Å². The summed E-state index contributed by atoms with van der Waals surface area (Å²) < 4.78 is 0. The molecule has 3 aromatic rings. The summed E-state index contributed by atoms with van der Waals surface area (Å²) in [5.74, 6) is 0.0833. The zero-order valence-corrected chi connectivity index (χ0v) is 15.8. The fraction of sp³-hybridized carbons (Fsp3) is 0.208. The molecule has 0 fully saturated rings. The van der Waals surface area contributed by atoms with E-state index in [1.165, 1.54) is 27.8 Å². The van der Waals surface area contributed by atoms with Crippen LogP contribution in [0, 0.1) is 34.6 Å². The van der Waals surface area contributed by atoms with Crippen molar-refractivity contribution in [3.05, 3.63) is 106 Å². The Labute approximate surface area is 151 Å². The summed E-state index contributed by atoms with van der Waals surface area (Å²) in [4.78, 5) is 12.1. The number of rotatable bonds is 2. The average molecular weight is 330 g/mol. The van der Waals surface area contributed by atoms with Gasteiger partial charge < -0.3 is 0 Å². The van der Waals surface area contributed by atoms with Crippen LogP contribution < -0.4 is 0 Å². The van der Waals surface area contributed by atoms with Crippen LogP contribution in [-0.2, 0) is 0 Å². The van der Waals surface area contributed by atoms with Gasteiger partial charge in [-0.05, 0) is 51.3 Å². The molecule has 0 unspecified atom stereocenters. The lowest BCUT2D eigenvalue weighted by Crippen LogP contribution is -2.00. The Morgan fingerprint density at radius 3 is 1.24 bits per heavy atom. The maximum Gasteiger partial charge on any atom is 0.193 e. The topological polar surface area (TPSA) is 17.1 Å². The molecule has 0 aliphatic rings. The molecule has 0 aromatic heterocycles. The highest BCUT2D eigenvalue weighted by atomic mass is 16.1. The van der Waals surface area contributed by atoms with Crippen molar-refractivity contribution in [2.75, 3.05) is 0 Å². The molecule has 0 amide bonds. The number of hydrogen-bond donors (Lipinski definition) is 0. The minimum Gasteiger partial charge on any atom is -0.289 e. The highest BCUT2D eigenvalue weighted by molar-refractivity contribution is 6.08. The molecule has 0 atom stereocenters. The highest BCUT2D eigenvalue weighted by Crippen LogP contribution is 2.12. The van der Waals surface area contributed by atoms with Crippen LogP contribution in [0.2, 0.25) is 0 Å². The second kappa shape index (κ2) is 8.43. The molecule has 0 aliphatic heterocycles. The van der Waals surface area contributed by atoms with Crippen LogP contribution in [0.3, 0.4) is 0 Å². The maximum atomic E-state index is 12.1. The minimum absolute atomic E-state index is 0.0833. The fourth-order valence-electron chi connectivity index (χ4n) is 2.47. The first-order chi connectivity index (χ1) is 11.9. The number of benzene rings is 3. The Kier molecular flexibility index (Phi) is 6.30. The quantitative estimate of drug-likeness (QED) is 0.515. The van der Waals surface area contributed by atoms with E-state index >= 15 is 0 Å². The van der Waals surface area contributed by atoms with Gasteiger partial charge in [0.25, 0.3) is 0 Å². The molecule has 25 heavy (non-hydrogen) atoms. The first-order valence-electron chi connectivity index (χ1n) is 8.59. The average Bonchev–Trinajstić information content (AvgIpc) is 2.61. The number of carbonyl (C=O) groups excluding carboxylic acids is 1. The summed E-state index contributed by atoms with van der Waals surface area (Å²) in [5, 5.41) is 0. The van der Waals surface area contributed by atoms with Crippen molar-refractivity contribution in [3.8, 4) is 0 Å². The van der Waals surface area contributed by atoms with Gasteiger partial charge in [0.05, 0.1) is 0 Å². The Balaban J connectivity index is 0.000000212. The van der Waals surface area contributed by atoms with E-state index in [1.54, 1.807) is 0 Å². The van der Waals surface area contributed by atoms with E-state index in [0.717, 1.165) is 11.1 Å². The van der Waals surface area contributed by atoms with Gasteiger partial charge in [-0.15, -0.1) is 0 Å². The largest absolute Gasteiger partial charge is 0.289 e. The van der Waals surface area contributed by atoms with Gasteiger partial charge >= 0.3 is 0 Å². The molecule has 1 heteroatoms. The predicted octanol–water partition coefficient (Wildman–Crippen LogP) is 6.15. The van der Waals surface area contributed by atoms with E-state index in [9.17, 15) is 4.79 Å². The zero-order chi connectivity index (χ0) is 18.4. The van der Waals surface area contributed by atoms with Crippen molar-refractivity contribution in [1.82, 2.24) is 0 Å². The number of hydrogen-bond acceptors (Lipinski definition) is 1. The molecule has 0 aliphatic carbocycles. The zero-order valence-electron chi connectivity index (χ0n) is 15.8. The number of ketones is 1. The highest BCUT2D eigenvalue weighted by Gasteiger charge is 2.07. The van der Waals surface area contributed by atoms with Crippen LogP contribution in [0.4, 0.5) is 0 Å². The summed E-state index contributed by atoms with van der Waals surface area (Å²) in [6.07, 6.45) is 0. The lowest BCUT2D eigenvalue weighted by Gasteiger charge is -2.02. The molecular formula is C24H26O. The van der Waals surface area contributed by atoms with E-state index in [-0.39, 0.29) is 5.78 Å². The summed E-state index contributed by atoms with van der Waals surface area (Å²) in [6, 6.07) is 21.7. The third kappa shape index (κ3) is 5.15. The van der Waals surface area contributed by atoms with Crippen LogP contribution >= 0.6 is 0 Å². The maximum absolute atomic E-state index is 12.1. The standard InChI is InChI=1S/C15H14O.C9H12/c1-11-3-7-13(8-4-11)15(16)14-9-5-12(2)6-10-14;1-7-5-4-6-8(2)9(7)3/h3-10H,1-2H3;4-6H,1-3H3. The van der Waals surface area contributed by atoms with Crippen molar-refractivity contribution < 1.29 is 4.79 Å². The van der Waals surface area contributed by atoms with Crippen molar-refractivity contribution in [3.63, 3.8) is 0 Å². The molecule has 0 bridgehead atoms. The number of carbonyl (C=O) groups is 1. The first kappa shape index (κ1) is 18.7. The Hall–Kier alpha value is -2.67. The summed E-state index contributed by atoms with van der Waals surface area (Å²) in [6.45, 7) is 10.5. The molecule has 128 valence electrons. The second-order valence-electron chi connectivity index (χ2n) is 6.58. The van der Waals surface area contributed by atoms with Crippen molar-refractivity contribution in [2.45, 2.75) is 34.6 Å². The van der Waals surface area contributed by atoms with Crippen LogP contribution in [0.25, 0.3) is 0 Å². The van der Waals surface area contributed by atoms with E-state index in [4.69, 9.17) is 0 Å². The van der Waals surface area contributed by atoms with E-state index in [0.29, 0.717) is 0 Å². The summed E-state index contributed by atoms with van der Waals surface area (Å²) in [7, 11) is 0. The number of aryl methyl sites for hydroxylation is 4. The molecule has 1 nitrogen and oxygen atoms in total. The lowest BCUT2D eigenvalue weighted by molar-refractivity contribution is 0.103. The van der Waals surface area contributed by atoms with Gasteiger partial charge in [-0.25, -0.2) is 0 Å². The van der Waals surface area contributed by atoms with Crippen LogP contribution in [0.1, 0.15) is 43.7 Å². The van der Waals surface area contributed by atoms with Gasteiger partial charge in [-0.2, -0.15) is 0 Å². The van der Waals surface area contributed by atoms with Gasteiger partial charge in [-0.3, -0.25) is 4.79 Å². The fourth-order valence-corrected chi connectivity index (χ4v) is 2.47. The Bertz CT molecular complexity index is 773. The Morgan fingerprint density at radius 1 is 0.560 bits per heavy atom. The van der Waals surface area contributed by atoms with Crippen LogP contribution in [0.5, 0.6) is 0 Å². The molecule has 0 spiro atoms. The molecule has 0 saturated carbocycles. The third-order valence-electron chi connectivity index (χ3n) is 4.50. The molecule has 0 saturated heterocycles. The van der Waals surface area contributed by atoms with Gasteiger partial charge in [0.1, 0.15) is 0 Å². The van der Waals surface area contributed by atoms with E-state index < -0.39 is 0 Å². The second-order valence-corrected chi connectivity index (χ2v) is 6.58. The molecule has 3 rings (SSSR count). The summed E-state index contributed by atoms with van der Waals surface area (Å²) in [5.41, 5.74) is 8.01. The SMILES string of the molecule is Cc1ccc(C(=O)c2ccc(C)cc2)cc1.Cc1cccc(C)c1C. The molecule has 0 radical (unpaired) electrons. The molecule has 0 N–H and O–H groups in total. The predicted molar refractivity (Wildman–Crippen MR) is 106 cm³/mol. The van der Waals surface area contributed by atoms with E-state index in [1.807, 2.05) is 62.4 Å². The monoisotopic (exact) mass is 330 g/mol. The third-order valence-corrected chi connectivity index (χ3v) is 4.50. The minimum atomic E-state index is 0.0833. The molecule has 0 heterocycles. The van der Waals surface area contributed by atoms with Crippen molar-refractivity contribution in [1.29, 1.82) is 0 Å². The van der Waals surface area contributed by atoms with E-state index in [2.05, 4.69) is 39.0 Å². The van der Waals surface area contributed by atoms with Gasteiger partial charge in [-0.1, -0.05) is 77.9 Å². The van der Waals surface area contributed by atoms with Crippen molar-refractivity contribution >= 4 is 5.78 Å². The van der Waals surface area contributed by atoms with Gasteiger partial charge in [0.15, 0.2) is 5.78 Å². The van der Waals surface area contributed by atoms with Crippen molar-refractivity contribution in [2.24, 2.45) is 0 Å². The molecule has 3 aromatic carbocycles. The van der Waals surface area contributed by atoms with Crippen LogP contribution in [-0.4, -0.2) is 5.78 Å². The normalized spacial score (nSPS) is 9.96. The lowest BCUT2D eigenvalue weighted by atomic mass is 10.0. The summed E-state index contributed by atoms with van der Waals surface area (Å²) >= 11 is 0. The van der Waals surface area contributed by atoms with Gasteiger partial charge in [0.2, 0.25) is 0 Å². The molecular weight excluding hydrogens is 304 g/mol. The Morgan fingerprint density at radius 2 is 0.920 bits per heavy atom. The first-order valence-corrected chi connectivity index (χ1v) is 8.59. The smallest absolute Gasteiger partial charge is 0.193 e. The van der Waals surface area contributed by atoms with Crippen LogP contribution in [0.15, 0.2) is 66.7 Å².